The highest BCUT2D eigenvalue weighted by Gasteiger charge is 2.39. The van der Waals surface area contributed by atoms with Crippen molar-refractivity contribution < 1.29 is 19.3 Å². The van der Waals surface area contributed by atoms with Crippen LogP contribution < -0.4 is 14.2 Å². The Bertz CT molecular complexity index is 863. The number of benzene rings is 2. The van der Waals surface area contributed by atoms with Crippen molar-refractivity contribution in [2.45, 2.75) is 31.5 Å². The normalized spacial score (nSPS) is 23.2. The first-order chi connectivity index (χ1) is 12.2. The van der Waals surface area contributed by atoms with Crippen molar-refractivity contribution in [2.75, 3.05) is 21.0 Å². The van der Waals surface area contributed by atoms with Crippen LogP contribution in [0.2, 0.25) is 0 Å². The maximum absolute atomic E-state index is 9.68. The topological polar surface area (TPSA) is 51.2 Å². The number of rotatable bonds is 2. The minimum Gasteiger partial charge on any atom is -0.496 e. The zero-order valence-corrected chi connectivity index (χ0v) is 14.4. The van der Waals surface area contributed by atoms with E-state index >= 15 is 0 Å². The molecule has 0 aromatic heterocycles. The first kappa shape index (κ1) is 15.0. The summed E-state index contributed by atoms with van der Waals surface area (Å²) in [5, 5.41) is 9.68. The van der Waals surface area contributed by atoms with Crippen LogP contribution in [0.15, 0.2) is 24.3 Å². The lowest BCUT2D eigenvalue weighted by Gasteiger charge is -2.46. The van der Waals surface area contributed by atoms with Gasteiger partial charge in [0.15, 0.2) is 11.5 Å². The third-order valence-electron chi connectivity index (χ3n) is 5.87. The molecule has 3 aliphatic rings. The molecule has 0 unspecified atom stereocenters. The smallest absolute Gasteiger partial charge is 0.231 e. The van der Waals surface area contributed by atoms with Gasteiger partial charge in [0.25, 0.3) is 0 Å². The molecule has 1 N–H and O–H groups in total. The van der Waals surface area contributed by atoms with Gasteiger partial charge in [-0.3, -0.25) is 4.90 Å². The van der Waals surface area contributed by atoms with Gasteiger partial charge in [-0.1, -0.05) is 0 Å². The third kappa shape index (κ3) is 2.09. The van der Waals surface area contributed by atoms with E-state index in [1.165, 1.54) is 22.3 Å². The van der Waals surface area contributed by atoms with E-state index in [4.69, 9.17) is 14.2 Å². The molecule has 0 spiro atoms. The molecule has 2 aromatic rings. The maximum Gasteiger partial charge on any atom is 0.231 e. The van der Waals surface area contributed by atoms with E-state index in [1.807, 2.05) is 0 Å². The minimum absolute atomic E-state index is 0.00834. The second-order valence-corrected chi connectivity index (χ2v) is 7.03. The minimum atomic E-state index is -0.00834. The van der Waals surface area contributed by atoms with Crippen LogP contribution in [0.3, 0.4) is 0 Å². The van der Waals surface area contributed by atoms with Gasteiger partial charge in [-0.05, 0) is 66.4 Å². The van der Waals surface area contributed by atoms with E-state index in [-0.39, 0.29) is 6.61 Å². The lowest BCUT2D eigenvalue weighted by molar-refractivity contribution is 0.137. The molecule has 3 heterocycles. The first-order valence-electron chi connectivity index (χ1n) is 8.64. The van der Waals surface area contributed by atoms with Gasteiger partial charge in [-0.2, -0.15) is 0 Å². The van der Waals surface area contributed by atoms with Crippen molar-refractivity contribution in [3.8, 4) is 17.2 Å². The summed E-state index contributed by atoms with van der Waals surface area (Å²) in [5.74, 6) is 2.48. The first-order valence-corrected chi connectivity index (χ1v) is 8.64. The van der Waals surface area contributed by atoms with E-state index in [2.05, 4.69) is 36.2 Å². The van der Waals surface area contributed by atoms with Crippen LogP contribution in [0.5, 0.6) is 17.2 Å². The number of aliphatic hydroxyl groups is 1. The molecule has 0 aliphatic carbocycles. The summed E-state index contributed by atoms with van der Waals surface area (Å²) in [7, 11) is 3.85. The molecule has 25 heavy (non-hydrogen) atoms. The molecule has 2 aromatic carbocycles. The zero-order valence-electron chi connectivity index (χ0n) is 14.4. The summed E-state index contributed by atoms with van der Waals surface area (Å²) < 4.78 is 16.6. The lowest BCUT2D eigenvalue weighted by atomic mass is 9.76. The van der Waals surface area contributed by atoms with Gasteiger partial charge in [-0.15, -0.1) is 0 Å². The Kier molecular flexibility index (Phi) is 3.24. The van der Waals surface area contributed by atoms with Crippen LogP contribution in [0.25, 0.3) is 0 Å². The van der Waals surface area contributed by atoms with E-state index < -0.39 is 0 Å². The predicted octanol–water partition coefficient (Wildman–Crippen LogP) is 2.74. The van der Waals surface area contributed by atoms with Gasteiger partial charge in [0.05, 0.1) is 13.7 Å². The summed E-state index contributed by atoms with van der Waals surface area (Å²) in [6.45, 7) is 0.297. The number of hydrogen-bond donors (Lipinski definition) is 1. The number of likely N-dealkylation sites (N-methyl/N-ethyl adjacent to an activating group) is 1. The molecule has 5 heteroatoms. The quantitative estimate of drug-likeness (QED) is 0.912. The molecule has 3 aliphatic heterocycles. The Morgan fingerprint density at radius 2 is 1.68 bits per heavy atom. The standard InChI is InChI=1S/C20H21NO4/c1-21-16-5-12-7-19-20(25-10-24-19)8-15(12)17(21)4-11-6-18(23-2)13(9-22)3-14(11)16/h3,6-8,16-17,22H,4-5,9-10H2,1-2H3/t16-,17-/m0/s1. The molecule has 0 radical (unpaired) electrons. The molecule has 0 fully saturated rings. The molecule has 130 valence electrons. The summed E-state index contributed by atoms with van der Waals surface area (Å²) in [6.07, 6.45) is 1.86. The Labute approximate surface area is 146 Å². The van der Waals surface area contributed by atoms with Crippen LogP contribution in [-0.2, 0) is 19.4 Å². The highest BCUT2D eigenvalue weighted by molar-refractivity contribution is 5.54. The van der Waals surface area contributed by atoms with Crippen LogP contribution in [-0.4, -0.2) is 31.0 Å². The zero-order chi connectivity index (χ0) is 17.1. The fraction of sp³-hybridized carbons (Fsp3) is 0.400. The van der Waals surface area contributed by atoms with E-state index in [0.717, 1.165) is 35.7 Å². The number of fused-ring (bicyclic) bond motifs is 7. The molecule has 0 saturated carbocycles. The molecule has 2 bridgehead atoms. The highest BCUT2D eigenvalue weighted by Crippen LogP contribution is 2.50. The van der Waals surface area contributed by atoms with Crippen molar-refractivity contribution >= 4 is 0 Å². The number of methoxy groups -OCH3 is 1. The Balaban J connectivity index is 1.64. The summed E-state index contributed by atoms with van der Waals surface area (Å²) >= 11 is 0. The van der Waals surface area contributed by atoms with Crippen LogP contribution in [0, 0.1) is 0 Å². The number of ether oxygens (including phenoxy) is 3. The van der Waals surface area contributed by atoms with Gasteiger partial charge in [0, 0.05) is 17.6 Å². The van der Waals surface area contributed by atoms with Gasteiger partial charge in [0.2, 0.25) is 6.79 Å². The Hall–Kier alpha value is -2.24. The summed E-state index contributed by atoms with van der Waals surface area (Å²) in [5.41, 5.74) is 6.13. The summed E-state index contributed by atoms with van der Waals surface area (Å²) in [4.78, 5) is 2.44. The number of aliphatic hydroxyl groups excluding tert-OH is 1. The average Bonchev–Trinajstić information content (AvgIpc) is 3.08. The van der Waals surface area contributed by atoms with E-state index in [9.17, 15) is 5.11 Å². The van der Waals surface area contributed by atoms with Gasteiger partial charge >= 0.3 is 0 Å². The Morgan fingerprint density at radius 1 is 1.04 bits per heavy atom. The molecule has 5 rings (SSSR count). The van der Waals surface area contributed by atoms with E-state index in [1.54, 1.807) is 7.11 Å². The van der Waals surface area contributed by atoms with Gasteiger partial charge in [-0.25, -0.2) is 0 Å². The largest absolute Gasteiger partial charge is 0.496 e. The van der Waals surface area contributed by atoms with Crippen LogP contribution in [0.1, 0.15) is 39.9 Å². The van der Waals surface area contributed by atoms with Crippen LogP contribution in [0.4, 0.5) is 0 Å². The lowest BCUT2D eigenvalue weighted by Crippen LogP contribution is -2.40. The summed E-state index contributed by atoms with van der Waals surface area (Å²) in [6, 6.07) is 9.14. The van der Waals surface area contributed by atoms with Gasteiger partial charge < -0.3 is 19.3 Å². The molecule has 5 nitrogen and oxygen atoms in total. The second kappa shape index (κ2) is 5.38. The molecular formula is C20H21NO4. The van der Waals surface area contributed by atoms with E-state index in [0.29, 0.717) is 18.9 Å². The fourth-order valence-electron chi connectivity index (χ4n) is 4.55. The van der Waals surface area contributed by atoms with Crippen molar-refractivity contribution in [1.82, 2.24) is 4.90 Å². The van der Waals surface area contributed by atoms with Crippen molar-refractivity contribution in [3.05, 3.63) is 52.1 Å². The molecule has 0 saturated heterocycles. The number of nitrogens with zero attached hydrogens (tertiary/aromatic N) is 1. The highest BCUT2D eigenvalue weighted by atomic mass is 16.7. The van der Waals surface area contributed by atoms with Crippen molar-refractivity contribution in [2.24, 2.45) is 0 Å². The average molecular weight is 339 g/mol. The Morgan fingerprint density at radius 3 is 2.36 bits per heavy atom. The maximum atomic E-state index is 9.68. The van der Waals surface area contributed by atoms with Crippen LogP contribution >= 0.6 is 0 Å². The fourth-order valence-corrected chi connectivity index (χ4v) is 4.55. The van der Waals surface area contributed by atoms with Gasteiger partial charge in [0.1, 0.15) is 5.75 Å². The van der Waals surface area contributed by atoms with Crippen molar-refractivity contribution in [1.29, 1.82) is 0 Å². The predicted molar refractivity (Wildman–Crippen MR) is 92.1 cm³/mol. The molecule has 2 atom stereocenters. The molecule has 0 amide bonds. The van der Waals surface area contributed by atoms with Crippen molar-refractivity contribution in [3.63, 3.8) is 0 Å². The number of hydrogen-bond acceptors (Lipinski definition) is 5. The SMILES string of the molecule is COc1cc2c(cc1CO)[C@@H]1Cc3cc4c(cc3[C@H](C2)N1C)OCO4. The molecular weight excluding hydrogens is 318 g/mol. The second-order valence-electron chi connectivity index (χ2n) is 7.03. The monoisotopic (exact) mass is 339 g/mol. The third-order valence-corrected chi connectivity index (χ3v) is 5.87.